The average Bonchev–Trinajstić information content (AvgIpc) is 2.28. The Morgan fingerprint density at radius 3 is 2.94 bits per heavy atom. The molecule has 3 aliphatic carbocycles. The fourth-order valence-electron chi connectivity index (χ4n) is 3.56. The Morgan fingerprint density at radius 2 is 2.38 bits per heavy atom. The third kappa shape index (κ3) is 1.86. The molecule has 0 unspecified atom stereocenters. The summed E-state index contributed by atoms with van der Waals surface area (Å²) in [5.74, 6) is 1.76. The second-order valence-corrected chi connectivity index (χ2v) is 5.92. The maximum Gasteiger partial charge on any atom is 0.0639 e. The zero-order valence-electron chi connectivity index (χ0n) is 10.8. The molecule has 2 bridgehead atoms. The van der Waals surface area contributed by atoms with Crippen molar-refractivity contribution >= 4 is 0 Å². The van der Waals surface area contributed by atoms with Gasteiger partial charge in [0.1, 0.15) is 0 Å². The van der Waals surface area contributed by atoms with Crippen LogP contribution in [0.4, 0.5) is 0 Å². The van der Waals surface area contributed by atoms with Crippen molar-refractivity contribution in [2.75, 3.05) is 6.61 Å². The second kappa shape index (κ2) is 4.37. The maximum atomic E-state index is 8.96. The lowest BCUT2D eigenvalue weighted by Gasteiger charge is -2.58. The molecular weight excluding hydrogens is 196 g/mol. The van der Waals surface area contributed by atoms with Gasteiger partial charge in [0.15, 0.2) is 0 Å². The molecule has 3 aliphatic rings. The van der Waals surface area contributed by atoms with Crippen molar-refractivity contribution in [2.24, 2.45) is 17.3 Å². The van der Waals surface area contributed by atoms with Crippen molar-refractivity contribution in [1.82, 2.24) is 0 Å². The van der Waals surface area contributed by atoms with E-state index in [1.54, 1.807) is 5.57 Å². The quantitative estimate of drug-likeness (QED) is 0.716. The Morgan fingerprint density at radius 1 is 1.62 bits per heavy atom. The van der Waals surface area contributed by atoms with Crippen LogP contribution in [-0.2, 0) is 0 Å². The third-order valence-electron chi connectivity index (χ3n) is 4.95. The highest BCUT2D eigenvalue weighted by molar-refractivity contribution is 5.22. The molecule has 1 saturated carbocycles. The summed E-state index contributed by atoms with van der Waals surface area (Å²) in [6.45, 7) is 6.98. The molecule has 0 amide bonds. The Bertz CT molecular complexity index is 326. The zero-order chi connectivity index (χ0) is 11.8. The van der Waals surface area contributed by atoms with E-state index in [1.807, 2.05) is 6.92 Å². The summed E-state index contributed by atoms with van der Waals surface area (Å²) in [5, 5.41) is 8.96. The SMILES string of the molecule is CC1=CC[C@H]2C[C@@H]1[C@@]2(C)CC/C=C(\C)CO. The van der Waals surface area contributed by atoms with Crippen LogP contribution in [0.1, 0.15) is 46.5 Å². The van der Waals surface area contributed by atoms with E-state index in [4.69, 9.17) is 5.11 Å². The van der Waals surface area contributed by atoms with E-state index in [1.165, 1.54) is 19.3 Å². The van der Waals surface area contributed by atoms with E-state index in [0.29, 0.717) is 5.41 Å². The lowest BCUT2D eigenvalue weighted by molar-refractivity contribution is -0.0312. The normalized spacial score (nSPS) is 38.0. The lowest BCUT2D eigenvalue weighted by atomic mass is 9.47. The largest absolute Gasteiger partial charge is 0.392 e. The summed E-state index contributed by atoms with van der Waals surface area (Å²) in [6.07, 6.45) is 9.77. The fraction of sp³-hybridized carbons (Fsp3) is 0.733. The van der Waals surface area contributed by atoms with Crippen LogP contribution in [0, 0.1) is 17.3 Å². The van der Waals surface area contributed by atoms with Gasteiger partial charge < -0.3 is 5.11 Å². The molecule has 0 aliphatic heterocycles. The fourth-order valence-corrected chi connectivity index (χ4v) is 3.56. The molecule has 1 fully saturated rings. The highest BCUT2D eigenvalue weighted by Gasteiger charge is 2.52. The Kier molecular flexibility index (Phi) is 3.25. The molecule has 3 atom stereocenters. The first-order valence-corrected chi connectivity index (χ1v) is 6.51. The van der Waals surface area contributed by atoms with Crippen molar-refractivity contribution in [3.05, 3.63) is 23.3 Å². The predicted molar refractivity (Wildman–Crippen MR) is 68.2 cm³/mol. The number of fused-ring (bicyclic) bond motifs is 1. The number of aliphatic hydroxyl groups is 1. The molecule has 0 aromatic heterocycles. The summed E-state index contributed by atoms with van der Waals surface area (Å²) >= 11 is 0. The van der Waals surface area contributed by atoms with Gasteiger partial charge in [-0.25, -0.2) is 0 Å². The van der Waals surface area contributed by atoms with Gasteiger partial charge in [-0.1, -0.05) is 30.2 Å². The van der Waals surface area contributed by atoms with Crippen molar-refractivity contribution in [1.29, 1.82) is 0 Å². The molecule has 0 saturated heterocycles. The predicted octanol–water partition coefficient (Wildman–Crippen LogP) is 3.70. The van der Waals surface area contributed by atoms with E-state index >= 15 is 0 Å². The third-order valence-corrected chi connectivity index (χ3v) is 4.95. The van der Waals surface area contributed by atoms with Crippen LogP contribution in [0.5, 0.6) is 0 Å². The Balaban J connectivity index is 1.94. The molecule has 1 nitrogen and oxygen atoms in total. The van der Waals surface area contributed by atoms with E-state index in [-0.39, 0.29) is 6.61 Å². The smallest absolute Gasteiger partial charge is 0.0639 e. The van der Waals surface area contributed by atoms with Crippen LogP contribution in [0.3, 0.4) is 0 Å². The highest BCUT2D eigenvalue weighted by Crippen LogP contribution is 2.61. The lowest BCUT2D eigenvalue weighted by Crippen LogP contribution is -2.49. The summed E-state index contributed by atoms with van der Waals surface area (Å²) in [7, 11) is 0. The summed E-state index contributed by atoms with van der Waals surface area (Å²) in [4.78, 5) is 0. The number of hydrogen-bond donors (Lipinski definition) is 1. The van der Waals surface area contributed by atoms with Crippen LogP contribution in [-0.4, -0.2) is 11.7 Å². The summed E-state index contributed by atoms with van der Waals surface area (Å²) < 4.78 is 0. The van der Waals surface area contributed by atoms with Crippen molar-refractivity contribution in [3.8, 4) is 0 Å². The van der Waals surface area contributed by atoms with Gasteiger partial charge in [-0.15, -0.1) is 0 Å². The first kappa shape index (κ1) is 11.9. The van der Waals surface area contributed by atoms with E-state index in [0.717, 1.165) is 23.8 Å². The first-order chi connectivity index (χ1) is 7.58. The zero-order valence-corrected chi connectivity index (χ0v) is 10.8. The van der Waals surface area contributed by atoms with Gasteiger partial charge in [0.25, 0.3) is 0 Å². The van der Waals surface area contributed by atoms with Crippen LogP contribution in [0.2, 0.25) is 0 Å². The van der Waals surface area contributed by atoms with Crippen molar-refractivity contribution < 1.29 is 5.11 Å². The number of hydrogen-bond acceptors (Lipinski definition) is 1. The highest BCUT2D eigenvalue weighted by atomic mass is 16.3. The average molecular weight is 220 g/mol. The molecular formula is C15H24O. The van der Waals surface area contributed by atoms with Gasteiger partial charge in [-0.05, 0) is 56.8 Å². The summed E-state index contributed by atoms with van der Waals surface area (Å²) in [5.41, 5.74) is 3.28. The van der Waals surface area contributed by atoms with Gasteiger partial charge in [0.2, 0.25) is 0 Å². The van der Waals surface area contributed by atoms with E-state index in [2.05, 4.69) is 26.0 Å². The van der Waals surface area contributed by atoms with Gasteiger partial charge in [-0.3, -0.25) is 0 Å². The van der Waals surface area contributed by atoms with Gasteiger partial charge in [0, 0.05) is 0 Å². The van der Waals surface area contributed by atoms with Crippen LogP contribution in [0.25, 0.3) is 0 Å². The van der Waals surface area contributed by atoms with Crippen molar-refractivity contribution in [3.63, 3.8) is 0 Å². The standard InChI is InChI=1S/C15H24O/c1-11(10-16)5-4-8-15(3)13-7-6-12(2)14(15)9-13/h5-6,13-14,16H,4,7-10H2,1-3H3/b11-5+/t13-,14-,15-/m0/s1. The molecule has 1 N–H and O–H groups in total. The number of allylic oxidation sites excluding steroid dienone is 3. The van der Waals surface area contributed by atoms with Crippen molar-refractivity contribution in [2.45, 2.75) is 46.5 Å². The molecule has 0 radical (unpaired) electrons. The van der Waals surface area contributed by atoms with Crippen LogP contribution in [0.15, 0.2) is 23.3 Å². The van der Waals surface area contributed by atoms with Crippen LogP contribution < -0.4 is 0 Å². The number of aliphatic hydroxyl groups excluding tert-OH is 1. The topological polar surface area (TPSA) is 20.2 Å². The monoisotopic (exact) mass is 220 g/mol. The minimum atomic E-state index is 0.211. The Labute approximate surface area is 99.3 Å². The van der Waals surface area contributed by atoms with Crippen LogP contribution >= 0.6 is 0 Å². The minimum Gasteiger partial charge on any atom is -0.392 e. The first-order valence-electron chi connectivity index (χ1n) is 6.51. The van der Waals surface area contributed by atoms with Gasteiger partial charge in [0.05, 0.1) is 6.61 Å². The molecule has 1 heteroatoms. The molecule has 16 heavy (non-hydrogen) atoms. The molecule has 0 spiro atoms. The van der Waals surface area contributed by atoms with E-state index in [9.17, 15) is 0 Å². The number of rotatable bonds is 4. The molecule has 0 heterocycles. The van der Waals surface area contributed by atoms with Gasteiger partial charge in [-0.2, -0.15) is 0 Å². The Hall–Kier alpha value is -0.560. The molecule has 3 rings (SSSR count). The molecule has 0 aromatic rings. The summed E-state index contributed by atoms with van der Waals surface area (Å²) in [6, 6.07) is 0. The maximum absolute atomic E-state index is 8.96. The second-order valence-electron chi connectivity index (χ2n) is 5.92. The van der Waals surface area contributed by atoms with E-state index < -0.39 is 0 Å². The molecule has 90 valence electrons. The van der Waals surface area contributed by atoms with Gasteiger partial charge >= 0.3 is 0 Å². The minimum absolute atomic E-state index is 0.211. The molecule has 0 aromatic carbocycles.